The number of benzene rings is 1. The number of hydrogen-bond donors (Lipinski definition) is 1. The van der Waals surface area contributed by atoms with Crippen LogP contribution >= 0.6 is 0 Å². The summed E-state index contributed by atoms with van der Waals surface area (Å²) in [5.74, 6) is 0.648. The van der Waals surface area contributed by atoms with Crippen molar-refractivity contribution in [3.8, 4) is 6.07 Å². The van der Waals surface area contributed by atoms with Crippen LogP contribution in [-0.4, -0.2) is 19.1 Å². The van der Waals surface area contributed by atoms with Gasteiger partial charge in [-0.1, -0.05) is 26.8 Å². The van der Waals surface area contributed by atoms with Crippen molar-refractivity contribution in [3.05, 3.63) is 29.3 Å². The molecule has 21 heavy (non-hydrogen) atoms. The van der Waals surface area contributed by atoms with Gasteiger partial charge in [-0.3, -0.25) is 0 Å². The van der Waals surface area contributed by atoms with Crippen LogP contribution in [0.1, 0.15) is 51.2 Å². The Morgan fingerprint density at radius 1 is 1.43 bits per heavy atom. The molecule has 3 heteroatoms. The first-order chi connectivity index (χ1) is 10.2. The highest BCUT2D eigenvalue weighted by Crippen LogP contribution is 2.30. The number of hydrogen-bond acceptors (Lipinski definition) is 3. The molecular formula is C18H27N3. The summed E-state index contributed by atoms with van der Waals surface area (Å²) in [4.78, 5) is 2.42. The average molecular weight is 285 g/mol. The summed E-state index contributed by atoms with van der Waals surface area (Å²) < 4.78 is 0. The van der Waals surface area contributed by atoms with E-state index in [1.807, 2.05) is 6.07 Å². The van der Waals surface area contributed by atoms with Crippen LogP contribution in [0.5, 0.6) is 0 Å². The number of rotatable bonds is 6. The van der Waals surface area contributed by atoms with Gasteiger partial charge in [0.05, 0.1) is 11.3 Å². The van der Waals surface area contributed by atoms with Gasteiger partial charge in [-0.25, -0.2) is 0 Å². The third-order valence-corrected chi connectivity index (χ3v) is 4.22. The topological polar surface area (TPSA) is 39.1 Å². The lowest BCUT2D eigenvalue weighted by Crippen LogP contribution is -2.29. The van der Waals surface area contributed by atoms with Gasteiger partial charge in [0.1, 0.15) is 6.07 Å². The Morgan fingerprint density at radius 2 is 2.24 bits per heavy atom. The molecular weight excluding hydrogens is 258 g/mol. The third kappa shape index (κ3) is 3.98. The molecule has 1 aromatic rings. The molecule has 0 aromatic heterocycles. The van der Waals surface area contributed by atoms with E-state index < -0.39 is 0 Å². The molecule has 1 unspecified atom stereocenters. The Hall–Kier alpha value is -1.53. The van der Waals surface area contributed by atoms with E-state index in [4.69, 9.17) is 0 Å². The zero-order valence-corrected chi connectivity index (χ0v) is 13.5. The first kappa shape index (κ1) is 15.9. The smallest absolute Gasteiger partial charge is 0.101 e. The number of nitrogens with one attached hydrogen (secondary N) is 1. The minimum Gasteiger partial charge on any atom is -0.367 e. The zero-order chi connectivity index (χ0) is 15.2. The van der Waals surface area contributed by atoms with Gasteiger partial charge in [0, 0.05) is 19.1 Å². The molecule has 3 nitrogen and oxygen atoms in total. The van der Waals surface area contributed by atoms with Gasteiger partial charge in [0.15, 0.2) is 0 Å². The zero-order valence-electron chi connectivity index (χ0n) is 13.5. The van der Waals surface area contributed by atoms with Crippen LogP contribution in [-0.2, 0) is 6.54 Å². The molecule has 1 fully saturated rings. The van der Waals surface area contributed by atoms with Gasteiger partial charge in [0.2, 0.25) is 0 Å². The first-order valence-electron chi connectivity index (χ1n) is 8.16. The summed E-state index contributed by atoms with van der Waals surface area (Å²) in [7, 11) is 0. The van der Waals surface area contributed by atoms with E-state index in [9.17, 15) is 5.26 Å². The van der Waals surface area contributed by atoms with Gasteiger partial charge in [0.25, 0.3) is 0 Å². The number of nitriles is 1. The average Bonchev–Trinajstić information content (AvgIpc) is 2.95. The van der Waals surface area contributed by atoms with Crippen molar-refractivity contribution in [2.45, 2.75) is 52.6 Å². The number of nitrogens with zero attached hydrogens (tertiary/aromatic N) is 2. The van der Waals surface area contributed by atoms with Crippen LogP contribution in [0.15, 0.2) is 18.2 Å². The van der Waals surface area contributed by atoms with Gasteiger partial charge < -0.3 is 10.2 Å². The van der Waals surface area contributed by atoms with Crippen molar-refractivity contribution >= 4 is 5.69 Å². The Kier molecular flexibility index (Phi) is 5.64. The van der Waals surface area contributed by atoms with Crippen molar-refractivity contribution in [1.82, 2.24) is 5.32 Å². The summed E-state index contributed by atoms with van der Waals surface area (Å²) in [6, 6.07) is 9.33. The summed E-state index contributed by atoms with van der Waals surface area (Å²) in [5.41, 5.74) is 3.14. The van der Waals surface area contributed by atoms with E-state index >= 15 is 0 Å². The molecule has 1 aliphatic heterocycles. The second-order valence-electron chi connectivity index (χ2n) is 6.39. The monoisotopic (exact) mass is 285 g/mol. The van der Waals surface area contributed by atoms with Gasteiger partial charge in [-0.05, 0) is 49.4 Å². The number of anilines is 1. The van der Waals surface area contributed by atoms with E-state index in [1.54, 1.807) is 0 Å². The standard InChI is InChI=1S/C18H27N3/c1-4-17-6-5-9-21(17)18-8-7-15(10-16(18)11-19)13-20-12-14(2)3/h7-8,10,14,17,20H,4-6,9,12-13H2,1-3H3. The fourth-order valence-electron chi connectivity index (χ4n) is 3.12. The van der Waals surface area contributed by atoms with E-state index in [0.29, 0.717) is 12.0 Å². The molecule has 0 radical (unpaired) electrons. The van der Waals surface area contributed by atoms with Crippen LogP contribution in [0.25, 0.3) is 0 Å². The molecule has 1 aliphatic rings. The quantitative estimate of drug-likeness (QED) is 0.866. The van der Waals surface area contributed by atoms with Crippen molar-refractivity contribution < 1.29 is 0 Å². The SMILES string of the molecule is CCC1CCCN1c1ccc(CNCC(C)C)cc1C#N. The maximum atomic E-state index is 9.48. The Bertz CT molecular complexity index is 502. The molecule has 1 atom stereocenters. The fraction of sp³-hybridized carbons (Fsp3) is 0.611. The van der Waals surface area contributed by atoms with E-state index in [2.05, 4.69) is 49.2 Å². The van der Waals surface area contributed by atoms with Gasteiger partial charge >= 0.3 is 0 Å². The van der Waals surface area contributed by atoms with E-state index in [-0.39, 0.29) is 0 Å². The predicted molar refractivity (Wildman–Crippen MR) is 88.4 cm³/mol. The summed E-state index contributed by atoms with van der Waals surface area (Å²) >= 11 is 0. The second kappa shape index (κ2) is 7.47. The fourth-order valence-corrected chi connectivity index (χ4v) is 3.12. The minimum absolute atomic E-state index is 0.599. The maximum Gasteiger partial charge on any atom is 0.101 e. The molecule has 0 saturated carbocycles. The lowest BCUT2D eigenvalue weighted by Gasteiger charge is -2.27. The molecule has 0 spiro atoms. The minimum atomic E-state index is 0.599. The predicted octanol–water partition coefficient (Wildman–Crippen LogP) is 3.68. The van der Waals surface area contributed by atoms with Crippen LogP contribution in [0.4, 0.5) is 5.69 Å². The van der Waals surface area contributed by atoms with E-state index in [0.717, 1.165) is 37.3 Å². The largest absolute Gasteiger partial charge is 0.367 e. The molecule has 1 heterocycles. The van der Waals surface area contributed by atoms with Crippen molar-refractivity contribution in [3.63, 3.8) is 0 Å². The highest BCUT2D eigenvalue weighted by Gasteiger charge is 2.24. The molecule has 114 valence electrons. The van der Waals surface area contributed by atoms with Gasteiger partial charge in [-0.15, -0.1) is 0 Å². The summed E-state index contributed by atoms with van der Waals surface area (Å²) in [6.07, 6.45) is 3.64. The Balaban J connectivity index is 2.11. The van der Waals surface area contributed by atoms with Gasteiger partial charge in [-0.2, -0.15) is 5.26 Å². The molecule has 0 bridgehead atoms. The van der Waals surface area contributed by atoms with Crippen LogP contribution in [0.3, 0.4) is 0 Å². The highest BCUT2D eigenvalue weighted by atomic mass is 15.2. The molecule has 0 aliphatic carbocycles. The highest BCUT2D eigenvalue weighted by molar-refractivity contribution is 5.61. The first-order valence-corrected chi connectivity index (χ1v) is 8.16. The Labute approximate surface area is 129 Å². The molecule has 2 rings (SSSR count). The maximum absolute atomic E-state index is 9.48. The van der Waals surface area contributed by atoms with Crippen molar-refractivity contribution in [2.75, 3.05) is 18.0 Å². The van der Waals surface area contributed by atoms with E-state index in [1.165, 1.54) is 18.4 Å². The molecule has 1 N–H and O–H groups in total. The van der Waals surface area contributed by atoms with Crippen LogP contribution < -0.4 is 10.2 Å². The van der Waals surface area contributed by atoms with Crippen molar-refractivity contribution in [2.24, 2.45) is 5.92 Å². The van der Waals surface area contributed by atoms with Crippen molar-refractivity contribution in [1.29, 1.82) is 5.26 Å². The normalized spacial score (nSPS) is 18.2. The molecule has 0 amide bonds. The lowest BCUT2D eigenvalue weighted by molar-refractivity contribution is 0.552. The Morgan fingerprint density at radius 3 is 2.90 bits per heavy atom. The molecule has 1 saturated heterocycles. The lowest BCUT2D eigenvalue weighted by atomic mass is 10.1. The van der Waals surface area contributed by atoms with Crippen LogP contribution in [0.2, 0.25) is 0 Å². The summed E-state index contributed by atoms with van der Waals surface area (Å²) in [6.45, 7) is 9.57. The second-order valence-corrected chi connectivity index (χ2v) is 6.39. The molecule has 1 aromatic carbocycles. The summed E-state index contributed by atoms with van der Waals surface area (Å²) in [5, 5.41) is 12.9. The third-order valence-electron chi connectivity index (χ3n) is 4.22. The van der Waals surface area contributed by atoms with Crippen LogP contribution in [0, 0.1) is 17.2 Å².